The van der Waals surface area contributed by atoms with Crippen molar-refractivity contribution in [2.24, 2.45) is 7.05 Å². The fraction of sp³-hybridized carbons (Fsp3) is 0.167. The van der Waals surface area contributed by atoms with Gasteiger partial charge in [0, 0.05) is 24.5 Å². The number of anilines is 1. The van der Waals surface area contributed by atoms with E-state index in [9.17, 15) is 4.79 Å². The third kappa shape index (κ3) is 4.99. The zero-order valence-electron chi connectivity index (χ0n) is 18.3. The number of thioether (sulfide) groups is 1. The first-order valence-electron chi connectivity index (χ1n) is 10.2. The number of hydrogen-bond acceptors (Lipinski definition) is 7. The number of carbonyl (C=O) groups excluding carboxylic acids is 1. The molecule has 0 saturated heterocycles. The van der Waals surface area contributed by atoms with Crippen molar-refractivity contribution in [3.63, 3.8) is 0 Å². The second-order valence-electron chi connectivity index (χ2n) is 7.03. The topological polar surface area (TPSA) is 73.1 Å². The van der Waals surface area contributed by atoms with E-state index in [1.165, 1.54) is 23.1 Å². The smallest absolute Gasteiger partial charge is 0.239 e. The molecule has 0 aliphatic carbocycles. The predicted molar refractivity (Wildman–Crippen MR) is 134 cm³/mol. The number of nitrogens with zero attached hydrogens (tertiary/aromatic N) is 5. The third-order valence-corrected chi connectivity index (χ3v) is 6.78. The van der Waals surface area contributed by atoms with E-state index in [1.54, 1.807) is 18.1 Å². The van der Waals surface area contributed by atoms with Crippen molar-refractivity contribution in [2.75, 3.05) is 24.3 Å². The minimum Gasteiger partial charge on any atom is -0.496 e. The summed E-state index contributed by atoms with van der Waals surface area (Å²) in [5.41, 5.74) is 2.71. The summed E-state index contributed by atoms with van der Waals surface area (Å²) in [4.78, 5) is 19.4. The number of hydrogen-bond donors (Lipinski definition) is 0. The monoisotopic (exact) mass is 477 g/mol. The molecule has 0 saturated carbocycles. The van der Waals surface area contributed by atoms with Crippen molar-refractivity contribution in [1.82, 2.24) is 19.7 Å². The van der Waals surface area contributed by atoms with Gasteiger partial charge in [-0.2, -0.15) is 0 Å². The average Bonchev–Trinajstić information content (AvgIpc) is 3.48. The molecule has 0 bridgehead atoms. The molecule has 2 aromatic carbocycles. The Balaban J connectivity index is 1.49. The molecule has 0 aliphatic rings. The van der Waals surface area contributed by atoms with Crippen molar-refractivity contribution in [3.05, 3.63) is 72.6 Å². The van der Waals surface area contributed by atoms with E-state index in [0.717, 1.165) is 22.6 Å². The van der Waals surface area contributed by atoms with Crippen molar-refractivity contribution in [3.8, 4) is 28.4 Å². The Morgan fingerprint density at radius 3 is 2.70 bits per heavy atom. The van der Waals surface area contributed by atoms with Gasteiger partial charge < -0.3 is 9.30 Å². The Bertz CT molecular complexity index is 1250. The second-order valence-corrected chi connectivity index (χ2v) is 8.81. The largest absolute Gasteiger partial charge is 0.496 e. The molecule has 0 radical (unpaired) electrons. The van der Waals surface area contributed by atoms with Crippen molar-refractivity contribution in [1.29, 1.82) is 0 Å². The van der Waals surface area contributed by atoms with Crippen LogP contribution < -0.4 is 9.64 Å². The highest BCUT2D eigenvalue weighted by Crippen LogP contribution is 2.31. The highest BCUT2D eigenvalue weighted by molar-refractivity contribution is 7.99. The lowest BCUT2D eigenvalue weighted by molar-refractivity contribution is -0.116. The van der Waals surface area contributed by atoms with E-state index in [1.807, 2.05) is 71.6 Å². The molecule has 2 heterocycles. The normalized spacial score (nSPS) is 10.7. The summed E-state index contributed by atoms with van der Waals surface area (Å²) < 4.78 is 7.31. The lowest BCUT2D eigenvalue weighted by Gasteiger charge is -2.17. The molecule has 2 aromatic heterocycles. The van der Waals surface area contributed by atoms with E-state index in [0.29, 0.717) is 22.7 Å². The fourth-order valence-corrected chi connectivity index (χ4v) is 4.90. The van der Waals surface area contributed by atoms with Gasteiger partial charge in [-0.1, -0.05) is 60.3 Å². The first-order chi connectivity index (χ1) is 16.1. The van der Waals surface area contributed by atoms with Gasteiger partial charge >= 0.3 is 0 Å². The zero-order chi connectivity index (χ0) is 23.2. The van der Waals surface area contributed by atoms with Crippen molar-refractivity contribution >= 4 is 34.1 Å². The Labute approximate surface area is 200 Å². The first kappa shape index (κ1) is 22.8. The minimum atomic E-state index is -0.0734. The number of benzene rings is 2. The van der Waals surface area contributed by atoms with E-state index < -0.39 is 0 Å². The van der Waals surface area contributed by atoms with Crippen LogP contribution in [0.3, 0.4) is 0 Å². The molecule has 0 aliphatic heterocycles. The summed E-state index contributed by atoms with van der Waals surface area (Å²) >= 11 is 2.78. The Morgan fingerprint density at radius 1 is 1.18 bits per heavy atom. The highest BCUT2D eigenvalue weighted by Gasteiger charge is 2.21. The second kappa shape index (κ2) is 10.5. The van der Waals surface area contributed by atoms with Crippen LogP contribution in [0.5, 0.6) is 5.75 Å². The van der Waals surface area contributed by atoms with Gasteiger partial charge in [0.25, 0.3) is 0 Å². The molecule has 0 atom stereocenters. The van der Waals surface area contributed by atoms with E-state index in [-0.39, 0.29) is 11.7 Å². The van der Waals surface area contributed by atoms with Crippen LogP contribution in [0.25, 0.3) is 22.6 Å². The summed E-state index contributed by atoms with van der Waals surface area (Å²) in [5, 5.41) is 11.8. The maximum atomic E-state index is 13.1. The molecule has 0 N–H and O–H groups in total. The number of amides is 1. The SMILES string of the molecule is C=CCN(C(=O)CSc1nnc(-c2ccccc2OC)n1C)c1nc(-c2ccccc2)cs1. The van der Waals surface area contributed by atoms with Gasteiger partial charge in [-0.15, -0.1) is 28.1 Å². The number of rotatable bonds is 9. The van der Waals surface area contributed by atoms with Gasteiger partial charge in [0.05, 0.1) is 24.1 Å². The van der Waals surface area contributed by atoms with E-state index >= 15 is 0 Å². The van der Waals surface area contributed by atoms with Gasteiger partial charge in [0.15, 0.2) is 16.1 Å². The molecule has 0 fully saturated rings. The van der Waals surface area contributed by atoms with Crippen LogP contribution in [0, 0.1) is 0 Å². The van der Waals surface area contributed by atoms with Crippen LogP contribution in [0.15, 0.2) is 77.8 Å². The van der Waals surface area contributed by atoms with Gasteiger partial charge in [-0.3, -0.25) is 9.69 Å². The number of ether oxygens (including phenoxy) is 1. The van der Waals surface area contributed by atoms with Crippen LogP contribution in [-0.2, 0) is 11.8 Å². The Kier molecular flexibility index (Phi) is 7.21. The van der Waals surface area contributed by atoms with E-state index in [2.05, 4.69) is 21.8 Å². The average molecular weight is 478 g/mol. The summed E-state index contributed by atoms with van der Waals surface area (Å²) in [7, 11) is 3.50. The van der Waals surface area contributed by atoms with Crippen LogP contribution >= 0.6 is 23.1 Å². The molecule has 7 nitrogen and oxygen atoms in total. The lowest BCUT2D eigenvalue weighted by Crippen LogP contribution is -2.32. The number of para-hydroxylation sites is 1. The van der Waals surface area contributed by atoms with Crippen LogP contribution in [0.4, 0.5) is 5.13 Å². The molecule has 4 aromatic rings. The third-order valence-electron chi connectivity index (χ3n) is 4.91. The standard InChI is InChI=1S/C24H23N5O2S2/c1-4-14-29(23-25-19(15-32-23)17-10-6-5-7-11-17)21(30)16-33-24-27-26-22(28(24)2)18-12-8-9-13-20(18)31-3/h4-13,15H,1,14,16H2,2-3H3. The molecule has 168 valence electrons. The molecule has 9 heteroatoms. The zero-order valence-corrected chi connectivity index (χ0v) is 20.0. The Hall–Kier alpha value is -3.43. The Morgan fingerprint density at radius 2 is 1.94 bits per heavy atom. The summed E-state index contributed by atoms with van der Waals surface area (Å²) in [6, 6.07) is 17.6. The lowest BCUT2D eigenvalue weighted by atomic mass is 10.2. The quantitative estimate of drug-likeness (QED) is 0.252. The number of methoxy groups -OCH3 is 1. The maximum absolute atomic E-state index is 13.1. The van der Waals surface area contributed by atoms with Gasteiger partial charge in [0.1, 0.15) is 5.75 Å². The van der Waals surface area contributed by atoms with Gasteiger partial charge in [-0.25, -0.2) is 4.98 Å². The van der Waals surface area contributed by atoms with Gasteiger partial charge in [-0.05, 0) is 12.1 Å². The summed E-state index contributed by atoms with van der Waals surface area (Å²) in [5.74, 6) is 1.52. The van der Waals surface area contributed by atoms with Crippen LogP contribution in [-0.4, -0.2) is 45.1 Å². The predicted octanol–water partition coefficient (Wildman–Crippen LogP) is 4.93. The molecule has 0 unspecified atom stereocenters. The molecule has 33 heavy (non-hydrogen) atoms. The maximum Gasteiger partial charge on any atom is 0.239 e. The number of aromatic nitrogens is 4. The molecule has 4 rings (SSSR count). The van der Waals surface area contributed by atoms with Crippen molar-refractivity contribution in [2.45, 2.75) is 5.16 Å². The van der Waals surface area contributed by atoms with Crippen LogP contribution in [0.1, 0.15) is 0 Å². The molecule has 1 amide bonds. The minimum absolute atomic E-state index is 0.0734. The molecule has 0 spiro atoms. The summed E-state index contributed by atoms with van der Waals surface area (Å²) in [6.07, 6.45) is 1.70. The first-order valence-corrected chi connectivity index (χ1v) is 12.1. The number of carbonyl (C=O) groups is 1. The van der Waals surface area contributed by atoms with Crippen LogP contribution in [0.2, 0.25) is 0 Å². The highest BCUT2D eigenvalue weighted by atomic mass is 32.2. The number of thiazole rings is 1. The molecular formula is C24H23N5O2S2. The van der Waals surface area contributed by atoms with E-state index in [4.69, 9.17) is 4.74 Å². The van der Waals surface area contributed by atoms with Gasteiger partial charge in [0.2, 0.25) is 5.91 Å². The summed E-state index contributed by atoms with van der Waals surface area (Å²) in [6.45, 7) is 4.18. The molecular weight excluding hydrogens is 454 g/mol. The fourth-order valence-electron chi connectivity index (χ4n) is 3.25. The van der Waals surface area contributed by atoms with Crippen molar-refractivity contribution < 1.29 is 9.53 Å².